The fraction of sp³-hybridized carbons (Fsp3) is 0.222. The summed E-state index contributed by atoms with van der Waals surface area (Å²) in [6, 6.07) is 0. The largest absolute Gasteiger partial charge is 0.435 e. The Morgan fingerprint density at radius 3 is 2.21 bits per heavy atom. The number of hydrogen-bond donors (Lipinski definition) is 0. The highest BCUT2D eigenvalue weighted by Crippen LogP contribution is 1.94. The van der Waals surface area contributed by atoms with E-state index in [1.165, 1.54) is 26.0 Å². The average Bonchev–Trinajstić information content (AvgIpc) is 2.09. The Morgan fingerprint density at radius 1 is 1.14 bits per heavy atom. The van der Waals surface area contributed by atoms with E-state index in [2.05, 4.69) is 9.47 Å². The minimum absolute atomic E-state index is 0.152. The predicted octanol–water partition coefficient (Wildman–Crippen LogP) is 0.709. The zero-order valence-electron chi connectivity index (χ0n) is 7.85. The quantitative estimate of drug-likeness (QED) is 0.219. The molecule has 0 N–H and O–H groups in total. The highest BCUT2D eigenvalue weighted by molar-refractivity contribution is 5.78. The summed E-state index contributed by atoms with van der Waals surface area (Å²) >= 11 is 0. The van der Waals surface area contributed by atoms with Gasteiger partial charge in [-0.25, -0.2) is 0 Å². The highest BCUT2D eigenvalue weighted by Gasteiger charge is 1.97. The Bertz CT molecular complexity index is 288. The second-order valence-corrected chi connectivity index (χ2v) is 2.22. The van der Waals surface area contributed by atoms with Crippen LogP contribution in [0.25, 0.3) is 0 Å². The van der Waals surface area contributed by atoms with Gasteiger partial charge in [-0.05, 0) is 12.2 Å². The van der Waals surface area contributed by atoms with Gasteiger partial charge in [0.2, 0.25) is 0 Å². The van der Waals surface area contributed by atoms with Crippen molar-refractivity contribution < 1.29 is 23.9 Å². The number of rotatable bonds is 4. The van der Waals surface area contributed by atoms with Crippen LogP contribution in [-0.4, -0.2) is 18.2 Å². The van der Waals surface area contributed by atoms with Crippen LogP contribution in [-0.2, 0) is 23.9 Å². The van der Waals surface area contributed by atoms with Gasteiger partial charge in [0, 0.05) is 13.8 Å². The molecule has 0 aromatic carbocycles. The lowest BCUT2D eigenvalue weighted by Crippen LogP contribution is -1.99. The van der Waals surface area contributed by atoms with E-state index in [0.29, 0.717) is 6.29 Å². The zero-order chi connectivity index (χ0) is 11.0. The van der Waals surface area contributed by atoms with Crippen LogP contribution in [0.3, 0.4) is 0 Å². The lowest BCUT2D eigenvalue weighted by Gasteiger charge is -1.96. The van der Waals surface area contributed by atoms with Gasteiger partial charge in [-0.15, -0.1) is 0 Å². The first-order chi connectivity index (χ1) is 6.56. The summed E-state index contributed by atoms with van der Waals surface area (Å²) < 4.78 is 8.89. The van der Waals surface area contributed by atoms with E-state index in [9.17, 15) is 14.4 Å². The first-order valence-electron chi connectivity index (χ1n) is 3.74. The van der Waals surface area contributed by atoms with Gasteiger partial charge in [-0.3, -0.25) is 14.4 Å². The third-order valence-electron chi connectivity index (χ3n) is 0.951. The highest BCUT2D eigenvalue weighted by atomic mass is 16.5. The average molecular weight is 198 g/mol. The van der Waals surface area contributed by atoms with Gasteiger partial charge in [-0.2, -0.15) is 0 Å². The van der Waals surface area contributed by atoms with E-state index in [-0.39, 0.29) is 5.76 Å². The molecule has 0 amide bonds. The molecule has 0 atom stereocenters. The number of carbonyl (C=O) groups is 3. The SMILES string of the molecule is CC(=O)O/C=C/C=C(/C=O)OC(C)=O. The van der Waals surface area contributed by atoms with Crippen LogP contribution in [0.2, 0.25) is 0 Å². The predicted molar refractivity (Wildman–Crippen MR) is 46.8 cm³/mol. The summed E-state index contributed by atoms with van der Waals surface area (Å²) in [4.78, 5) is 31.0. The topological polar surface area (TPSA) is 69.7 Å². The molecule has 14 heavy (non-hydrogen) atoms. The van der Waals surface area contributed by atoms with Crippen molar-refractivity contribution in [2.45, 2.75) is 13.8 Å². The first kappa shape index (κ1) is 12.1. The minimum atomic E-state index is -0.593. The molecule has 0 aliphatic heterocycles. The lowest BCUT2D eigenvalue weighted by molar-refractivity contribution is -0.138. The van der Waals surface area contributed by atoms with E-state index in [1.54, 1.807) is 0 Å². The summed E-state index contributed by atoms with van der Waals surface area (Å²) in [5, 5.41) is 0. The normalized spacial score (nSPS) is 11.1. The second kappa shape index (κ2) is 6.59. The van der Waals surface area contributed by atoms with Gasteiger partial charge in [-0.1, -0.05) is 0 Å². The Labute approximate surface area is 81.0 Å². The van der Waals surface area contributed by atoms with E-state index in [1.807, 2.05) is 0 Å². The molecule has 5 nitrogen and oxygen atoms in total. The first-order valence-corrected chi connectivity index (χ1v) is 3.74. The van der Waals surface area contributed by atoms with Crippen LogP contribution in [0, 0.1) is 0 Å². The molecule has 0 aromatic rings. The van der Waals surface area contributed by atoms with Crippen molar-refractivity contribution in [1.82, 2.24) is 0 Å². The maximum absolute atomic E-state index is 10.4. The van der Waals surface area contributed by atoms with E-state index < -0.39 is 11.9 Å². The van der Waals surface area contributed by atoms with E-state index >= 15 is 0 Å². The monoisotopic (exact) mass is 198 g/mol. The van der Waals surface area contributed by atoms with Crippen molar-refractivity contribution in [3.8, 4) is 0 Å². The Kier molecular flexibility index (Phi) is 5.69. The molecule has 5 heteroatoms. The zero-order valence-corrected chi connectivity index (χ0v) is 7.85. The van der Waals surface area contributed by atoms with Crippen molar-refractivity contribution in [3.63, 3.8) is 0 Å². The molecule has 0 saturated carbocycles. The molecule has 0 rings (SSSR count). The fourth-order valence-corrected chi connectivity index (χ4v) is 0.533. The molecule has 0 heterocycles. The Balaban J connectivity index is 4.17. The molecule has 0 aromatic heterocycles. The van der Waals surface area contributed by atoms with Crippen LogP contribution in [0.15, 0.2) is 24.2 Å². The smallest absolute Gasteiger partial charge is 0.308 e. The van der Waals surface area contributed by atoms with Gasteiger partial charge in [0.1, 0.15) is 0 Å². The Hall–Kier alpha value is -1.91. The second-order valence-electron chi connectivity index (χ2n) is 2.22. The molecule has 0 aliphatic rings. The maximum atomic E-state index is 10.4. The van der Waals surface area contributed by atoms with Gasteiger partial charge in [0.05, 0.1) is 6.26 Å². The number of esters is 2. The molecule has 0 radical (unpaired) electrons. The molecule has 0 spiro atoms. The number of ether oxygens (including phenoxy) is 2. The molecule has 76 valence electrons. The van der Waals surface area contributed by atoms with Gasteiger partial charge in [0.25, 0.3) is 0 Å². The minimum Gasteiger partial charge on any atom is -0.435 e. The number of carbonyl (C=O) groups excluding carboxylic acids is 3. The molecule has 0 fully saturated rings. The maximum Gasteiger partial charge on any atom is 0.308 e. The van der Waals surface area contributed by atoms with E-state index in [0.717, 1.165) is 6.26 Å². The van der Waals surface area contributed by atoms with Crippen molar-refractivity contribution in [1.29, 1.82) is 0 Å². The van der Waals surface area contributed by atoms with Gasteiger partial charge < -0.3 is 9.47 Å². The van der Waals surface area contributed by atoms with Crippen LogP contribution >= 0.6 is 0 Å². The summed E-state index contributed by atoms with van der Waals surface area (Å²) in [6.07, 6.45) is 3.93. The number of hydrogen-bond acceptors (Lipinski definition) is 5. The molecular formula is C9H10O5. The van der Waals surface area contributed by atoms with Crippen LogP contribution in [0.5, 0.6) is 0 Å². The summed E-state index contributed by atoms with van der Waals surface area (Å²) in [5.74, 6) is -1.22. The van der Waals surface area contributed by atoms with Crippen LogP contribution in [0.1, 0.15) is 13.8 Å². The fourth-order valence-electron chi connectivity index (χ4n) is 0.533. The molecule has 0 unspecified atom stereocenters. The van der Waals surface area contributed by atoms with Crippen molar-refractivity contribution >= 4 is 18.2 Å². The van der Waals surface area contributed by atoms with Crippen molar-refractivity contribution in [2.24, 2.45) is 0 Å². The standard InChI is InChI=1S/C9H10O5/c1-7(11)13-5-3-4-9(6-10)14-8(2)12/h3-6H,1-2H3/b5-3+,9-4-. The van der Waals surface area contributed by atoms with E-state index in [4.69, 9.17) is 0 Å². The Morgan fingerprint density at radius 2 is 1.79 bits per heavy atom. The summed E-state index contributed by atoms with van der Waals surface area (Å²) in [5.41, 5.74) is 0. The summed E-state index contributed by atoms with van der Waals surface area (Å²) in [6.45, 7) is 2.41. The molecule has 0 bridgehead atoms. The lowest BCUT2D eigenvalue weighted by atomic mass is 10.4. The number of allylic oxidation sites excluding steroid dienone is 3. The van der Waals surface area contributed by atoms with Crippen molar-refractivity contribution in [2.75, 3.05) is 0 Å². The van der Waals surface area contributed by atoms with Gasteiger partial charge >= 0.3 is 11.9 Å². The van der Waals surface area contributed by atoms with Crippen molar-refractivity contribution in [3.05, 3.63) is 24.2 Å². The van der Waals surface area contributed by atoms with Gasteiger partial charge in [0.15, 0.2) is 12.0 Å². The third-order valence-corrected chi connectivity index (χ3v) is 0.951. The molecule has 0 saturated heterocycles. The molecular weight excluding hydrogens is 188 g/mol. The van der Waals surface area contributed by atoms with Crippen LogP contribution in [0.4, 0.5) is 0 Å². The third kappa shape index (κ3) is 6.78. The van der Waals surface area contributed by atoms with Crippen LogP contribution < -0.4 is 0 Å². The summed E-state index contributed by atoms with van der Waals surface area (Å²) in [7, 11) is 0. The number of aldehydes is 1. The molecule has 0 aliphatic carbocycles.